The maximum Gasteiger partial charge on any atom is 0.259 e. The van der Waals surface area contributed by atoms with Gasteiger partial charge >= 0.3 is 0 Å². The molecule has 0 aliphatic rings. The van der Waals surface area contributed by atoms with Crippen molar-refractivity contribution in [3.63, 3.8) is 0 Å². The summed E-state index contributed by atoms with van der Waals surface area (Å²) in [4.78, 5) is 17.8. The summed E-state index contributed by atoms with van der Waals surface area (Å²) in [5.74, 6) is 1.30. The zero-order valence-electron chi connectivity index (χ0n) is 16.5. The second-order valence-corrected chi connectivity index (χ2v) is 6.84. The number of carbonyl (C=O) groups excluding carboxylic acids is 1. The van der Waals surface area contributed by atoms with Gasteiger partial charge in [0.05, 0.1) is 6.54 Å². The van der Waals surface area contributed by atoms with Crippen molar-refractivity contribution in [1.29, 1.82) is 0 Å². The van der Waals surface area contributed by atoms with E-state index in [4.69, 9.17) is 16.3 Å². The molecule has 2 aromatic carbocycles. The molecule has 0 aliphatic carbocycles. The van der Waals surface area contributed by atoms with Crippen LogP contribution in [-0.4, -0.2) is 44.0 Å². The summed E-state index contributed by atoms with van der Waals surface area (Å²) in [6.45, 7) is 3.92. The molecule has 0 radical (unpaired) electrons. The maximum absolute atomic E-state index is 11.7. The van der Waals surface area contributed by atoms with Gasteiger partial charge in [-0.25, -0.2) is 4.99 Å². The maximum atomic E-state index is 11.7. The fourth-order valence-corrected chi connectivity index (χ4v) is 2.57. The Labute approximate surface area is 171 Å². The largest absolute Gasteiger partial charge is 0.484 e. The van der Waals surface area contributed by atoms with Crippen LogP contribution < -0.4 is 15.4 Å². The molecule has 28 heavy (non-hydrogen) atoms. The lowest BCUT2D eigenvalue weighted by Crippen LogP contribution is -2.36. The summed E-state index contributed by atoms with van der Waals surface area (Å²) >= 11 is 6.02. The Bertz CT molecular complexity index is 808. The lowest BCUT2D eigenvalue weighted by Gasteiger charge is -2.13. The highest BCUT2D eigenvalue weighted by Crippen LogP contribution is 2.14. The van der Waals surface area contributed by atoms with Crippen LogP contribution in [0.5, 0.6) is 5.75 Å². The molecule has 0 heterocycles. The minimum Gasteiger partial charge on any atom is -0.484 e. The number of benzene rings is 2. The molecule has 0 unspecified atom stereocenters. The predicted octanol–water partition coefficient (Wildman–Crippen LogP) is 3.06. The third-order valence-electron chi connectivity index (χ3n) is 3.87. The smallest absolute Gasteiger partial charge is 0.259 e. The van der Waals surface area contributed by atoms with Crippen molar-refractivity contribution < 1.29 is 9.53 Å². The van der Waals surface area contributed by atoms with Crippen LogP contribution in [0.2, 0.25) is 5.02 Å². The van der Waals surface area contributed by atoms with Crippen molar-refractivity contribution >= 4 is 23.5 Å². The Morgan fingerprint density at radius 2 is 1.86 bits per heavy atom. The Morgan fingerprint density at radius 3 is 2.57 bits per heavy atom. The first-order valence-electron chi connectivity index (χ1n) is 9.16. The van der Waals surface area contributed by atoms with Gasteiger partial charge in [0.1, 0.15) is 5.75 Å². The number of carbonyl (C=O) groups is 1. The quantitative estimate of drug-likeness (QED) is 0.526. The molecular weight excluding hydrogens is 376 g/mol. The number of amides is 1. The number of nitrogens with zero attached hydrogens (tertiary/aromatic N) is 2. The van der Waals surface area contributed by atoms with Crippen LogP contribution in [0.15, 0.2) is 53.5 Å². The van der Waals surface area contributed by atoms with Crippen LogP contribution in [-0.2, 0) is 17.9 Å². The highest BCUT2D eigenvalue weighted by molar-refractivity contribution is 6.30. The number of halogens is 1. The zero-order chi connectivity index (χ0) is 20.4. The van der Waals surface area contributed by atoms with Gasteiger partial charge in [0, 0.05) is 32.2 Å². The van der Waals surface area contributed by atoms with Crippen molar-refractivity contribution in [2.24, 2.45) is 4.99 Å². The Kier molecular flexibility index (Phi) is 8.62. The fourth-order valence-electron chi connectivity index (χ4n) is 2.35. The van der Waals surface area contributed by atoms with E-state index in [2.05, 4.69) is 15.6 Å². The highest BCUT2D eigenvalue weighted by Gasteiger charge is 2.06. The monoisotopic (exact) mass is 402 g/mol. The number of ether oxygens (including phenoxy) is 1. The molecule has 2 aromatic rings. The topological polar surface area (TPSA) is 66.0 Å². The average Bonchev–Trinajstić information content (AvgIpc) is 2.68. The van der Waals surface area contributed by atoms with E-state index >= 15 is 0 Å². The number of hydrogen-bond acceptors (Lipinski definition) is 3. The minimum absolute atomic E-state index is 0.0214. The molecule has 0 saturated heterocycles. The van der Waals surface area contributed by atoms with Gasteiger partial charge in [-0.3, -0.25) is 4.79 Å². The van der Waals surface area contributed by atoms with Crippen molar-refractivity contribution in [3.05, 3.63) is 64.7 Å². The molecule has 0 aromatic heterocycles. The molecular formula is C21H27ClN4O2. The van der Waals surface area contributed by atoms with E-state index in [1.807, 2.05) is 55.5 Å². The van der Waals surface area contributed by atoms with Gasteiger partial charge in [-0.1, -0.05) is 35.9 Å². The van der Waals surface area contributed by atoms with Gasteiger partial charge in [0.25, 0.3) is 5.91 Å². The van der Waals surface area contributed by atoms with Gasteiger partial charge in [-0.15, -0.1) is 0 Å². The number of rotatable bonds is 8. The molecule has 150 valence electrons. The van der Waals surface area contributed by atoms with Crippen LogP contribution in [0.4, 0.5) is 0 Å². The molecule has 2 N–H and O–H groups in total. The van der Waals surface area contributed by atoms with Crippen molar-refractivity contribution in [2.45, 2.75) is 20.0 Å². The van der Waals surface area contributed by atoms with Crippen LogP contribution in [0.3, 0.4) is 0 Å². The summed E-state index contributed by atoms with van der Waals surface area (Å²) in [6.07, 6.45) is 0. The molecule has 0 aliphatic heterocycles. The summed E-state index contributed by atoms with van der Waals surface area (Å²) < 4.78 is 5.56. The minimum atomic E-state index is -0.0777. The highest BCUT2D eigenvalue weighted by atomic mass is 35.5. The number of nitrogens with one attached hydrogen (secondary N) is 2. The second-order valence-electron chi connectivity index (χ2n) is 6.40. The Hall–Kier alpha value is -2.73. The first-order valence-corrected chi connectivity index (χ1v) is 9.54. The Morgan fingerprint density at radius 1 is 1.11 bits per heavy atom. The molecule has 0 atom stereocenters. The first-order chi connectivity index (χ1) is 13.5. The normalized spacial score (nSPS) is 11.1. The van der Waals surface area contributed by atoms with Gasteiger partial charge in [-0.05, 0) is 42.3 Å². The van der Waals surface area contributed by atoms with Crippen molar-refractivity contribution in [1.82, 2.24) is 15.5 Å². The lowest BCUT2D eigenvalue weighted by molar-refractivity contribution is -0.130. The van der Waals surface area contributed by atoms with Crippen LogP contribution in [0.25, 0.3) is 0 Å². The van der Waals surface area contributed by atoms with E-state index in [1.54, 1.807) is 14.1 Å². The molecule has 2 rings (SSSR count). The van der Waals surface area contributed by atoms with E-state index in [9.17, 15) is 4.79 Å². The summed E-state index contributed by atoms with van der Waals surface area (Å²) in [6, 6.07) is 15.3. The SMILES string of the molecule is CCNC(=NCc1cccc(Cl)c1)NCc1cccc(OCC(=O)N(C)C)c1. The second kappa shape index (κ2) is 11.2. The van der Waals surface area contributed by atoms with E-state index in [0.717, 1.165) is 23.6 Å². The van der Waals surface area contributed by atoms with E-state index in [-0.39, 0.29) is 12.5 Å². The number of aliphatic imine (C=N–C) groups is 1. The summed E-state index contributed by atoms with van der Waals surface area (Å²) in [5.41, 5.74) is 2.08. The third-order valence-corrected chi connectivity index (χ3v) is 4.11. The van der Waals surface area contributed by atoms with E-state index < -0.39 is 0 Å². The number of hydrogen-bond donors (Lipinski definition) is 2. The fraction of sp³-hybridized carbons (Fsp3) is 0.333. The molecule has 6 nitrogen and oxygen atoms in total. The number of guanidine groups is 1. The molecule has 1 amide bonds. The van der Waals surface area contributed by atoms with Gasteiger partial charge in [-0.2, -0.15) is 0 Å². The van der Waals surface area contributed by atoms with Gasteiger partial charge < -0.3 is 20.3 Å². The molecule has 0 bridgehead atoms. The molecule has 0 spiro atoms. The van der Waals surface area contributed by atoms with Gasteiger partial charge in [0.2, 0.25) is 0 Å². The molecule has 0 saturated carbocycles. The predicted molar refractivity (Wildman–Crippen MR) is 114 cm³/mol. The zero-order valence-corrected chi connectivity index (χ0v) is 17.3. The third kappa shape index (κ3) is 7.48. The standard InChI is InChI=1S/C21H27ClN4O2/c1-4-23-21(24-13-16-7-5-9-18(22)11-16)25-14-17-8-6-10-19(12-17)28-15-20(27)26(2)3/h5-12H,4,13-15H2,1-3H3,(H2,23,24,25). The molecule has 0 fully saturated rings. The lowest BCUT2D eigenvalue weighted by atomic mass is 10.2. The van der Waals surface area contributed by atoms with Crippen LogP contribution in [0, 0.1) is 0 Å². The van der Waals surface area contributed by atoms with Gasteiger partial charge in [0.15, 0.2) is 12.6 Å². The van der Waals surface area contributed by atoms with Crippen molar-refractivity contribution in [2.75, 3.05) is 27.2 Å². The molecule has 7 heteroatoms. The first kappa shape index (κ1) is 21.6. The summed E-state index contributed by atoms with van der Waals surface area (Å²) in [7, 11) is 3.41. The van der Waals surface area contributed by atoms with E-state index in [1.165, 1.54) is 4.90 Å². The average molecular weight is 403 g/mol. The van der Waals surface area contributed by atoms with E-state index in [0.29, 0.717) is 23.9 Å². The number of likely N-dealkylation sites (N-methyl/N-ethyl adjacent to an activating group) is 1. The van der Waals surface area contributed by atoms with Crippen molar-refractivity contribution in [3.8, 4) is 5.75 Å². The Balaban J connectivity index is 1.94. The van der Waals surface area contributed by atoms with Crippen LogP contribution in [0.1, 0.15) is 18.1 Å². The van der Waals surface area contributed by atoms with Crippen LogP contribution >= 0.6 is 11.6 Å². The summed E-state index contributed by atoms with van der Waals surface area (Å²) in [5, 5.41) is 7.24.